The quantitative estimate of drug-likeness (QED) is 0.665. The molecule has 3 N–H and O–H groups in total. The summed E-state index contributed by atoms with van der Waals surface area (Å²) in [7, 11) is 1.21. The SMILES string of the molecule is COC(=O)c1c(N)c(C#N)cn1-c1ccc(NC(=O)c2ccco2)c(Cl)c1. The van der Waals surface area contributed by atoms with Crippen molar-refractivity contribution in [2.75, 3.05) is 18.2 Å². The molecule has 2 heterocycles. The number of carbonyl (C=O) groups excluding carboxylic acids is 2. The number of nitrogens with one attached hydrogen (secondary N) is 1. The number of benzene rings is 1. The van der Waals surface area contributed by atoms with Gasteiger partial charge in [0.05, 0.1) is 35.3 Å². The zero-order valence-corrected chi connectivity index (χ0v) is 14.8. The third-order valence-electron chi connectivity index (χ3n) is 3.77. The van der Waals surface area contributed by atoms with Crippen LogP contribution in [0.5, 0.6) is 0 Å². The number of nitrogens with two attached hydrogens (primary N) is 1. The van der Waals surface area contributed by atoms with E-state index in [-0.39, 0.29) is 27.7 Å². The van der Waals surface area contributed by atoms with Crippen LogP contribution in [0.15, 0.2) is 47.2 Å². The molecule has 3 rings (SSSR count). The van der Waals surface area contributed by atoms with E-state index >= 15 is 0 Å². The molecule has 1 aromatic carbocycles. The van der Waals surface area contributed by atoms with E-state index in [2.05, 4.69) is 5.32 Å². The molecule has 0 aliphatic rings. The number of carbonyl (C=O) groups is 2. The van der Waals surface area contributed by atoms with E-state index in [1.54, 1.807) is 18.2 Å². The Bertz CT molecular complexity index is 1060. The number of esters is 1. The molecule has 0 saturated carbocycles. The number of hydrogen-bond donors (Lipinski definition) is 2. The van der Waals surface area contributed by atoms with E-state index in [4.69, 9.17) is 31.8 Å². The number of furan rings is 1. The number of anilines is 2. The molecule has 0 fully saturated rings. The Morgan fingerprint density at radius 3 is 2.74 bits per heavy atom. The van der Waals surface area contributed by atoms with Crippen molar-refractivity contribution in [3.63, 3.8) is 0 Å². The zero-order chi connectivity index (χ0) is 19.6. The molecule has 3 aromatic rings. The van der Waals surface area contributed by atoms with E-state index in [1.807, 2.05) is 6.07 Å². The van der Waals surface area contributed by atoms with Gasteiger partial charge in [-0.05, 0) is 30.3 Å². The van der Waals surface area contributed by atoms with Crippen molar-refractivity contribution >= 4 is 34.9 Å². The molecule has 0 radical (unpaired) electrons. The van der Waals surface area contributed by atoms with E-state index in [9.17, 15) is 9.59 Å². The van der Waals surface area contributed by atoms with Crippen LogP contribution in [-0.2, 0) is 4.74 Å². The summed E-state index contributed by atoms with van der Waals surface area (Å²) in [5.74, 6) is -1.01. The van der Waals surface area contributed by atoms with E-state index < -0.39 is 11.9 Å². The van der Waals surface area contributed by atoms with Crippen LogP contribution < -0.4 is 11.1 Å². The lowest BCUT2D eigenvalue weighted by Gasteiger charge is -2.11. The minimum Gasteiger partial charge on any atom is -0.464 e. The number of methoxy groups -OCH3 is 1. The third kappa shape index (κ3) is 3.36. The van der Waals surface area contributed by atoms with Gasteiger partial charge < -0.3 is 24.8 Å². The van der Waals surface area contributed by atoms with Crippen molar-refractivity contribution < 1.29 is 18.7 Å². The second-order valence-corrected chi connectivity index (χ2v) is 5.78. The summed E-state index contributed by atoms with van der Waals surface area (Å²) in [4.78, 5) is 24.1. The first kappa shape index (κ1) is 18.1. The van der Waals surface area contributed by atoms with Crippen LogP contribution in [0.2, 0.25) is 5.02 Å². The molecule has 0 saturated heterocycles. The van der Waals surface area contributed by atoms with Gasteiger partial charge in [-0.3, -0.25) is 4.79 Å². The Morgan fingerprint density at radius 2 is 2.15 bits per heavy atom. The van der Waals surface area contributed by atoms with Crippen LogP contribution >= 0.6 is 11.6 Å². The molecule has 0 aliphatic carbocycles. The van der Waals surface area contributed by atoms with Gasteiger partial charge in [0.25, 0.3) is 5.91 Å². The van der Waals surface area contributed by atoms with Gasteiger partial charge in [0.1, 0.15) is 6.07 Å². The molecule has 0 bridgehead atoms. The minimum atomic E-state index is -0.694. The summed E-state index contributed by atoms with van der Waals surface area (Å²) < 4.78 is 11.2. The van der Waals surface area contributed by atoms with E-state index in [0.717, 1.165) is 0 Å². The predicted octanol–water partition coefficient (Wildman–Crippen LogP) is 3.22. The van der Waals surface area contributed by atoms with Crippen molar-refractivity contribution in [2.45, 2.75) is 0 Å². The van der Waals surface area contributed by atoms with Gasteiger partial charge in [0.2, 0.25) is 0 Å². The van der Waals surface area contributed by atoms with E-state index in [0.29, 0.717) is 11.4 Å². The van der Waals surface area contributed by atoms with Crippen molar-refractivity contribution in [3.05, 3.63) is 64.8 Å². The standard InChI is InChI=1S/C18H13ClN4O4/c1-26-18(25)16-15(21)10(8-20)9-23(16)11-4-5-13(12(19)7-11)22-17(24)14-3-2-6-27-14/h2-7,9H,21H2,1H3,(H,22,24). The number of rotatable bonds is 4. The Morgan fingerprint density at radius 1 is 1.37 bits per heavy atom. The van der Waals surface area contributed by atoms with Gasteiger partial charge >= 0.3 is 5.97 Å². The molecule has 9 heteroatoms. The van der Waals surface area contributed by atoms with Gasteiger partial charge in [-0.1, -0.05) is 11.6 Å². The zero-order valence-electron chi connectivity index (χ0n) is 14.0. The van der Waals surface area contributed by atoms with Crippen LogP contribution in [-0.4, -0.2) is 23.6 Å². The number of halogens is 1. The minimum absolute atomic E-state index is 0.00988. The molecule has 0 spiro atoms. The van der Waals surface area contributed by atoms with Crippen molar-refractivity contribution in [1.29, 1.82) is 5.26 Å². The van der Waals surface area contributed by atoms with Crippen molar-refractivity contribution in [3.8, 4) is 11.8 Å². The van der Waals surface area contributed by atoms with Crippen LogP contribution in [0.4, 0.5) is 11.4 Å². The highest BCUT2D eigenvalue weighted by Gasteiger charge is 2.22. The Hall–Kier alpha value is -3.70. The first-order valence-electron chi connectivity index (χ1n) is 7.60. The maximum Gasteiger partial charge on any atom is 0.357 e. The first-order chi connectivity index (χ1) is 13.0. The molecule has 136 valence electrons. The summed E-state index contributed by atoms with van der Waals surface area (Å²) >= 11 is 6.26. The maximum absolute atomic E-state index is 12.1. The largest absolute Gasteiger partial charge is 0.464 e. The summed E-state index contributed by atoms with van der Waals surface area (Å²) in [5.41, 5.74) is 6.83. The topological polar surface area (TPSA) is 123 Å². The molecule has 27 heavy (non-hydrogen) atoms. The van der Waals surface area contributed by atoms with Crippen molar-refractivity contribution in [2.24, 2.45) is 0 Å². The second kappa shape index (κ2) is 7.27. The number of nitriles is 1. The summed E-state index contributed by atoms with van der Waals surface area (Å²) in [5, 5.41) is 12.0. The predicted molar refractivity (Wildman–Crippen MR) is 97.9 cm³/mol. The molecule has 8 nitrogen and oxygen atoms in total. The normalized spacial score (nSPS) is 10.3. The Labute approximate surface area is 158 Å². The highest BCUT2D eigenvalue weighted by molar-refractivity contribution is 6.34. The molecule has 0 unspecified atom stereocenters. The maximum atomic E-state index is 12.1. The van der Waals surface area contributed by atoms with E-state index in [1.165, 1.54) is 36.3 Å². The lowest BCUT2D eigenvalue weighted by atomic mass is 10.2. The van der Waals surface area contributed by atoms with Gasteiger partial charge in [-0.2, -0.15) is 5.26 Å². The average Bonchev–Trinajstić information content (AvgIpc) is 3.30. The Balaban J connectivity index is 1.98. The number of aromatic nitrogens is 1. The van der Waals surface area contributed by atoms with Gasteiger partial charge in [0.15, 0.2) is 11.5 Å². The number of nitrogens with zero attached hydrogens (tertiary/aromatic N) is 2. The first-order valence-corrected chi connectivity index (χ1v) is 7.98. The van der Waals surface area contributed by atoms with Gasteiger partial charge in [0, 0.05) is 11.9 Å². The highest BCUT2D eigenvalue weighted by atomic mass is 35.5. The molecular formula is C18H13ClN4O4. The van der Waals surface area contributed by atoms with Gasteiger partial charge in [-0.15, -0.1) is 0 Å². The van der Waals surface area contributed by atoms with Crippen LogP contribution in [0.25, 0.3) is 5.69 Å². The summed E-state index contributed by atoms with van der Waals surface area (Å²) in [6.45, 7) is 0. The highest BCUT2D eigenvalue weighted by Crippen LogP contribution is 2.29. The second-order valence-electron chi connectivity index (χ2n) is 5.37. The monoisotopic (exact) mass is 384 g/mol. The lowest BCUT2D eigenvalue weighted by Crippen LogP contribution is -2.12. The van der Waals surface area contributed by atoms with Crippen molar-refractivity contribution in [1.82, 2.24) is 4.57 Å². The fourth-order valence-electron chi connectivity index (χ4n) is 2.47. The number of ether oxygens (including phenoxy) is 1. The number of nitrogen functional groups attached to an aromatic ring is 1. The summed E-state index contributed by atoms with van der Waals surface area (Å²) in [6.07, 6.45) is 2.80. The summed E-state index contributed by atoms with van der Waals surface area (Å²) in [6, 6.07) is 9.72. The molecule has 1 amide bonds. The smallest absolute Gasteiger partial charge is 0.357 e. The molecular weight excluding hydrogens is 372 g/mol. The third-order valence-corrected chi connectivity index (χ3v) is 4.08. The molecule has 0 atom stereocenters. The Kier molecular flexibility index (Phi) is 4.88. The van der Waals surface area contributed by atoms with Crippen LogP contribution in [0.1, 0.15) is 26.6 Å². The molecule has 0 aliphatic heterocycles. The van der Waals surface area contributed by atoms with Crippen LogP contribution in [0, 0.1) is 11.3 Å². The average molecular weight is 385 g/mol. The lowest BCUT2D eigenvalue weighted by molar-refractivity contribution is 0.0593. The fourth-order valence-corrected chi connectivity index (χ4v) is 2.69. The van der Waals surface area contributed by atoms with Gasteiger partial charge in [-0.25, -0.2) is 4.79 Å². The number of amides is 1. The fraction of sp³-hybridized carbons (Fsp3) is 0.0556. The van der Waals surface area contributed by atoms with Crippen LogP contribution in [0.3, 0.4) is 0 Å². The molecule has 2 aromatic heterocycles. The number of hydrogen-bond acceptors (Lipinski definition) is 6.